The van der Waals surface area contributed by atoms with Crippen molar-refractivity contribution in [3.05, 3.63) is 102 Å². The van der Waals surface area contributed by atoms with Crippen LogP contribution in [0.4, 0.5) is 11.4 Å². The molecule has 0 fully saturated rings. The zero-order chi connectivity index (χ0) is 21.8. The monoisotopic (exact) mass is 428 g/mol. The number of benzene rings is 4. The van der Waals surface area contributed by atoms with E-state index in [1.54, 1.807) is 24.3 Å². The standard InChI is InChI=1S/C26H24N2O2S/c1-3-20-8-13-24(14-9-20)27-19(2)21-10-15-25(16-11-21)28-31(29,30)26-17-12-22-6-4-5-7-23(22)18-26/h4-18,28H,3H2,1-2H3. The van der Waals surface area contributed by atoms with Gasteiger partial charge in [0.25, 0.3) is 10.0 Å². The van der Waals surface area contributed by atoms with Gasteiger partial charge in [0.15, 0.2) is 0 Å². The molecule has 0 bridgehead atoms. The number of aliphatic imine (C=N–C) groups is 1. The summed E-state index contributed by atoms with van der Waals surface area (Å²) in [7, 11) is -3.67. The fraction of sp³-hybridized carbons (Fsp3) is 0.115. The van der Waals surface area contributed by atoms with Gasteiger partial charge in [0.05, 0.1) is 10.6 Å². The summed E-state index contributed by atoms with van der Waals surface area (Å²) in [5, 5.41) is 1.89. The number of hydrogen-bond donors (Lipinski definition) is 1. The van der Waals surface area contributed by atoms with Gasteiger partial charge in [0.1, 0.15) is 0 Å². The number of nitrogens with zero attached hydrogens (tertiary/aromatic N) is 1. The van der Waals surface area contributed by atoms with Crippen LogP contribution >= 0.6 is 0 Å². The Labute approximate surface area is 183 Å². The molecule has 1 N–H and O–H groups in total. The van der Waals surface area contributed by atoms with Crippen molar-refractivity contribution in [1.82, 2.24) is 0 Å². The van der Waals surface area contributed by atoms with E-state index >= 15 is 0 Å². The van der Waals surface area contributed by atoms with Gasteiger partial charge in [0, 0.05) is 11.4 Å². The number of nitrogens with one attached hydrogen (secondary N) is 1. The summed E-state index contributed by atoms with van der Waals surface area (Å²) in [6.07, 6.45) is 1.000. The van der Waals surface area contributed by atoms with Crippen molar-refractivity contribution in [3.63, 3.8) is 0 Å². The van der Waals surface area contributed by atoms with Gasteiger partial charge in [-0.15, -0.1) is 0 Å². The fourth-order valence-corrected chi connectivity index (χ4v) is 4.49. The Morgan fingerprint density at radius 1 is 0.839 bits per heavy atom. The minimum absolute atomic E-state index is 0.239. The highest BCUT2D eigenvalue weighted by atomic mass is 32.2. The summed E-state index contributed by atoms with van der Waals surface area (Å²) in [4.78, 5) is 4.90. The maximum atomic E-state index is 12.8. The zero-order valence-electron chi connectivity index (χ0n) is 17.5. The molecule has 0 heterocycles. The number of hydrogen-bond acceptors (Lipinski definition) is 3. The second-order valence-electron chi connectivity index (χ2n) is 7.41. The van der Waals surface area contributed by atoms with Gasteiger partial charge in [-0.05, 0) is 71.6 Å². The Kier molecular flexibility index (Phi) is 5.87. The summed E-state index contributed by atoms with van der Waals surface area (Å²) in [6, 6.07) is 28.3. The molecule has 0 amide bonds. The number of sulfonamides is 1. The Morgan fingerprint density at radius 3 is 2.19 bits per heavy atom. The quantitative estimate of drug-likeness (QED) is 0.364. The van der Waals surface area contributed by atoms with E-state index in [2.05, 4.69) is 28.8 Å². The van der Waals surface area contributed by atoms with Crippen LogP contribution in [0, 0.1) is 0 Å². The first kappa shape index (κ1) is 20.8. The van der Waals surface area contributed by atoms with Crippen molar-refractivity contribution >= 4 is 37.9 Å². The smallest absolute Gasteiger partial charge is 0.261 e. The Hall–Kier alpha value is -3.44. The third kappa shape index (κ3) is 4.84. The van der Waals surface area contributed by atoms with E-state index in [9.17, 15) is 8.42 Å². The lowest BCUT2D eigenvalue weighted by Crippen LogP contribution is -2.13. The summed E-state index contributed by atoms with van der Waals surface area (Å²) < 4.78 is 28.3. The second-order valence-corrected chi connectivity index (χ2v) is 9.09. The maximum absolute atomic E-state index is 12.8. The molecule has 0 aliphatic carbocycles. The van der Waals surface area contributed by atoms with Crippen LogP contribution < -0.4 is 4.72 Å². The molecule has 0 saturated carbocycles. The summed E-state index contributed by atoms with van der Waals surface area (Å²) in [5.74, 6) is 0. The minimum atomic E-state index is -3.67. The van der Waals surface area contributed by atoms with Crippen LogP contribution in [0.2, 0.25) is 0 Å². The highest BCUT2D eigenvalue weighted by molar-refractivity contribution is 7.92. The van der Waals surface area contributed by atoms with E-state index in [4.69, 9.17) is 0 Å². The summed E-state index contributed by atoms with van der Waals surface area (Å²) in [6.45, 7) is 4.07. The van der Waals surface area contributed by atoms with Crippen molar-refractivity contribution in [2.75, 3.05) is 4.72 Å². The summed E-state index contributed by atoms with van der Waals surface area (Å²) in [5.41, 5.74) is 4.49. The number of anilines is 1. The Balaban J connectivity index is 1.52. The molecule has 0 radical (unpaired) electrons. The average Bonchev–Trinajstić information content (AvgIpc) is 2.79. The lowest BCUT2D eigenvalue weighted by Gasteiger charge is -2.10. The molecule has 0 spiro atoms. The van der Waals surface area contributed by atoms with E-state index < -0.39 is 10.0 Å². The van der Waals surface area contributed by atoms with E-state index in [-0.39, 0.29) is 4.90 Å². The van der Waals surface area contributed by atoms with Gasteiger partial charge in [-0.3, -0.25) is 9.71 Å². The first-order chi connectivity index (χ1) is 14.9. The predicted molar refractivity (Wildman–Crippen MR) is 129 cm³/mol. The normalized spacial score (nSPS) is 12.1. The predicted octanol–water partition coefficient (Wildman–Crippen LogP) is 6.34. The van der Waals surface area contributed by atoms with Crippen LogP contribution in [-0.2, 0) is 16.4 Å². The molecule has 0 aromatic heterocycles. The first-order valence-electron chi connectivity index (χ1n) is 10.2. The molecule has 4 aromatic carbocycles. The maximum Gasteiger partial charge on any atom is 0.261 e. The van der Waals surface area contributed by atoms with Gasteiger partial charge in [0.2, 0.25) is 0 Å². The highest BCUT2D eigenvalue weighted by Crippen LogP contribution is 2.22. The lowest BCUT2D eigenvalue weighted by atomic mass is 10.1. The average molecular weight is 429 g/mol. The molecule has 4 rings (SSSR count). The largest absolute Gasteiger partial charge is 0.280 e. The van der Waals surface area contributed by atoms with Crippen molar-refractivity contribution < 1.29 is 8.42 Å². The van der Waals surface area contributed by atoms with Gasteiger partial charge < -0.3 is 0 Å². The van der Waals surface area contributed by atoms with Crippen molar-refractivity contribution in [3.8, 4) is 0 Å². The molecule has 4 aromatic rings. The topological polar surface area (TPSA) is 58.5 Å². The Morgan fingerprint density at radius 2 is 1.52 bits per heavy atom. The van der Waals surface area contributed by atoms with E-state index in [1.807, 2.05) is 61.5 Å². The molecule has 156 valence electrons. The molecule has 0 aliphatic rings. The minimum Gasteiger partial charge on any atom is -0.280 e. The lowest BCUT2D eigenvalue weighted by molar-refractivity contribution is 0.601. The van der Waals surface area contributed by atoms with Gasteiger partial charge in [-0.1, -0.05) is 61.5 Å². The van der Waals surface area contributed by atoms with Gasteiger partial charge in [-0.25, -0.2) is 8.42 Å². The van der Waals surface area contributed by atoms with Crippen LogP contribution in [0.5, 0.6) is 0 Å². The number of fused-ring (bicyclic) bond motifs is 1. The molecule has 0 unspecified atom stereocenters. The third-order valence-electron chi connectivity index (χ3n) is 5.23. The van der Waals surface area contributed by atoms with Gasteiger partial charge >= 0.3 is 0 Å². The van der Waals surface area contributed by atoms with Crippen LogP contribution in [0.15, 0.2) is 101 Å². The molecule has 31 heavy (non-hydrogen) atoms. The molecule has 0 aliphatic heterocycles. The highest BCUT2D eigenvalue weighted by Gasteiger charge is 2.14. The Bertz CT molecular complexity index is 1340. The van der Waals surface area contributed by atoms with E-state index in [0.717, 1.165) is 34.2 Å². The van der Waals surface area contributed by atoms with Crippen LogP contribution in [0.3, 0.4) is 0 Å². The third-order valence-corrected chi connectivity index (χ3v) is 6.61. The first-order valence-corrected chi connectivity index (χ1v) is 11.7. The van der Waals surface area contributed by atoms with Crippen LogP contribution in [-0.4, -0.2) is 14.1 Å². The molecular weight excluding hydrogens is 404 g/mol. The fourth-order valence-electron chi connectivity index (χ4n) is 3.39. The van der Waals surface area contributed by atoms with Crippen molar-refractivity contribution in [2.24, 2.45) is 4.99 Å². The molecular formula is C26H24N2O2S. The van der Waals surface area contributed by atoms with Crippen LogP contribution in [0.25, 0.3) is 10.8 Å². The number of rotatable bonds is 6. The van der Waals surface area contributed by atoms with Crippen LogP contribution in [0.1, 0.15) is 25.0 Å². The molecule has 0 saturated heterocycles. The molecule has 4 nitrogen and oxygen atoms in total. The molecule has 5 heteroatoms. The zero-order valence-corrected chi connectivity index (χ0v) is 18.4. The van der Waals surface area contributed by atoms with E-state index in [0.29, 0.717) is 5.69 Å². The molecule has 0 atom stereocenters. The van der Waals surface area contributed by atoms with E-state index in [1.165, 1.54) is 5.56 Å². The summed E-state index contributed by atoms with van der Waals surface area (Å²) >= 11 is 0. The SMILES string of the molecule is CCc1ccc(N=C(C)c2ccc(NS(=O)(=O)c3ccc4ccccc4c3)cc2)cc1. The van der Waals surface area contributed by atoms with Crippen molar-refractivity contribution in [1.29, 1.82) is 0 Å². The second kappa shape index (κ2) is 8.74. The number of aryl methyl sites for hydroxylation is 1. The van der Waals surface area contributed by atoms with Crippen molar-refractivity contribution in [2.45, 2.75) is 25.2 Å². The van der Waals surface area contributed by atoms with Gasteiger partial charge in [-0.2, -0.15) is 0 Å².